The number of fused-ring (bicyclic) bond motifs is 1. The second-order valence-electron chi connectivity index (χ2n) is 4.11. The summed E-state index contributed by atoms with van der Waals surface area (Å²) in [4.78, 5) is 2.16. The van der Waals surface area contributed by atoms with E-state index in [0.29, 0.717) is 0 Å². The van der Waals surface area contributed by atoms with E-state index in [0.717, 1.165) is 17.9 Å². The van der Waals surface area contributed by atoms with Crippen LogP contribution in [0.4, 0.5) is 11.4 Å². The normalized spacial score (nSPS) is 17.7. The molecule has 0 aromatic heterocycles. The fourth-order valence-electron chi connectivity index (χ4n) is 2.12. The van der Waals surface area contributed by atoms with E-state index in [9.17, 15) is 0 Å². The van der Waals surface area contributed by atoms with Crippen LogP contribution in [-0.2, 0) is 6.54 Å². The van der Waals surface area contributed by atoms with Gasteiger partial charge in [-0.25, -0.2) is 0 Å². The van der Waals surface area contributed by atoms with Gasteiger partial charge in [-0.05, 0) is 17.7 Å². The Kier molecular flexibility index (Phi) is 2.65. The maximum atomic E-state index is 6.31. The third-order valence-electron chi connectivity index (χ3n) is 2.96. The molecule has 2 nitrogen and oxygen atoms in total. The van der Waals surface area contributed by atoms with Gasteiger partial charge in [-0.1, -0.05) is 54.1 Å². The highest BCUT2D eigenvalue weighted by molar-refractivity contribution is 6.24. The van der Waals surface area contributed by atoms with Crippen LogP contribution in [0.15, 0.2) is 54.6 Å². The summed E-state index contributed by atoms with van der Waals surface area (Å²) >= 11 is 6.31. The highest BCUT2D eigenvalue weighted by atomic mass is 35.5. The Bertz CT molecular complexity index is 513. The molecule has 1 unspecified atom stereocenters. The zero-order valence-corrected chi connectivity index (χ0v) is 10.1. The van der Waals surface area contributed by atoms with E-state index in [1.807, 2.05) is 30.3 Å². The molecule has 0 amide bonds. The van der Waals surface area contributed by atoms with Gasteiger partial charge in [-0.3, -0.25) is 0 Å². The van der Waals surface area contributed by atoms with Crippen molar-refractivity contribution in [2.45, 2.75) is 12.2 Å². The molecule has 17 heavy (non-hydrogen) atoms. The minimum absolute atomic E-state index is 0.174. The van der Waals surface area contributed by atoms with Crippen molar-refractivity contribution >= 4 is 23.0 Å². The molecular formula is C14H13ClN2. The number of hydrogen-bond acceptors (Lipinski definition) is 2. The summed E-state index contributed by atoms with van der Waals surface area (Å²) in [6, 6.07) is 18.5. The molecule has 2 aromatic carbocycles. The van der Waals surface area contributed by atoms with Gasteiger partial charge in [0.2, 0.25) is 0 Å². The number of nitrogens with zero attached hydrogens (tertiary/aromatic N) is 1. The molecule has 0 aliphatic carbocycles. The van der Waals surface area contributed by atoms with Crippen molar-refractivity contribution in [1.29, 1.82) is 0 Å². The standard InChI is InChI=1S/C14H13ClN2/c15-14-16-12-8-4-5-9-13(12)17(14)10-11-6-2-1-3-7-11/h1-9,14,16H,10H2. The lowest BCUT2D eigenvalue weighted by Gasteiger charge is -2.22. The molecule has 86 valence electrons. The Balaban J connectivity index is 1.89. The van der Waals surface area contributed by atoms with Crippen molar-refractivity contribution in [3.05, 3.63) is 60.2 Å². The number of nitrogens with one attached hydrogen (secondary N) is 1. The topological polar surface area (TPSA) is 15.3 Å². The Morgan fingerprint density at radius 3 is 2.53 bits per heavy atom. The van der Waals surface area contributed by atoms with Crippen molar-refractivity contribution < 1.29 is 0 Å². The second-order valence-corrected chi connectivity index (χ2v) is 4.52. The SMILES string of the molecule is ClC1Nc2ccccc2N1Cc1ccccc1. The van der Waals surface area contributed by atoms with Gasteiger partial charge in [0.05, 0.1) is 11.4 Å². The average molecular weight is 245 g/mol. The minimum Gasteiger partial charge on any atom is -0.351 e. The highest BCUT2D eigenvalue weighted by Crippen LogP contribution is 2.36. The zero-order valence-electron chi connectivity index (χ0n) is 9.31. The number of anilines is 2. The first kappa shape index (κ1) is 10.5. The predicted molar refractivity (Wildman–Crippen MR) is 72.3 cm³/mol. The summed E-state index contributed by atoms with van der Waals surface area (Å²) in [5, 5.41) is 3.26. The summed E-state index contributed by atoms with van der Waals surface area (Å²) in [6.45, 7) is 0.818. The van der Waals surface area contributed by atoms with Gasteiger partial charge < -0.3 is 10.2 Å². The molecule has 0 fully saturated rings. The molecule has 1 N–H and O–H groups in total. The average Bonchev–Trinajstić information content (AvgIpc) is 2.68. The molecule has 1 heterocycles. The molecular weight excluding hydrogens is 232 g/mol. The molecule has 1 aliphatic heterocycles. The van der Waals surface area contributed by atoms with E-state index in [4.69, 9.17) is 11.6 Å². The molecule has 1 atom stereocenters. The van der Waals surface area contributed by atoms with Crippen LogP contribution in [-0.4, -0.2) is 5.62 Å². The summed E-state index contributed by atoms with van der Waals surface area (Å²) in [7, 11) is 0. The Morgan fingerprint density at radius 2 is 1.71 bits per heavy atom. The fraction of sp³-hybridized carbons (Fsp3) is 0.143. The third kappa shape index (κ3) is 1.96. The zero-order chi connectivity index (χ0) is 11.7. The van der Waals surface area contributed by atoms with Gasteiger partial charge in [-0.2, -0.15) is 0 Å². The number of rotatable bonds is 2. The predicted octanol–water partition coefficient (Wildman–Crippen LogP) is 3.64. The lowest BCUT2D eigenvalue weighted by molar-refractivity contribution is 0.827. The summed E-state index contributed by atoms with van der Waals surface area (Å²) in [6.07, 6.45) is 0. The van der Waals surface area contributed by atoms with E-state index in [2.05, 4.69) is 34.5 Å². The molecule has 2 aromatic rings. The Morgan fingerprint density at radius 1 is 1.00 bits per heavy atom. The van der Waals surface area contributed by atoms with Crippen molar-refractivity contribution in [2.75, 3.05) is 10.2 Å². The maximum absolute atomic E-state index is 6.31. The van der Waals surface area contributed by atoms with Crippen LogP contribution in [0.2, 0.25) is 0 Å². The minimum atomic E-state index is -0.174. The number of para-hydroxylation sites is 2. The van der Waals surface area contributed by atoms with Crippen LogP contribution >= 0.6 is 11.6 Å². The summed E-state index contributed by atoms with van der Waals surface area (Å²) in [5.74, 6) is 0. The van der Waals surface area contributed by atoms with Gasteiger partial charge in [0.1, 0.15) is 0 Å². The molecule has 3 heteroatoms. The number of hydrogen-bond donors (Lipinski definition) is 1. The lowest BCUT2D eigenvalue weighted by atomic mass is 10.2. The van der Waals surface area contributed by atoms with Gasteiger partial charge in [0, 0.05) is 6.54 Å². The van der Waals surface area contributed by atoms with Gasteiger partial charge >= 0.3 is 0 Å². The first-order valence-electron chi connectivity index (χ1n) is 5.65. The van der Waals surface area contributed by atoms with Crippen molar-refractivity contribution in [3.63, 3.8) is 0 Å². The van der Waals surface area contributed by atoms with Gasteiger partial charge in [-0.15, -0.1) is 0 Å². The molecule has 1 aliphatic rings. The van der Waals surface area contributed by atoms with Crippen molar-refractivity contribution in [2.24, 2.45) is 0 Å². The molecule has 0 bridgehead atoms. The monoisotopic (exact) mass is 244 g/mol. The van der Waals surface area contributed by atoms with E-state index < -0.39 is 0 Å². The van der Waals surface area contributed by atoms with Crippen LogP contribution in [0.1, 0.15) is 5.56 Å². The van der Waals surface area contributed by atoms with Crippen LogP contribution in [0.5, 0.6) is 0 Å². The Hall–Kier alpha value is -1.67. The molecule has 0 saturated heterocycles. The largest absolute Gasteiger partial charge is 0.351 e. The van der Waals surface area contributed by atoms with Crippen LogP contribution in [0.25, 0.3) is 0 Å². The Labute approximate surface area is 106 Å². The molecule has 0 radical (unpaired) electrons. The number of benzene rings is 2. The molecule has 0 saturated carbocycles. The third-order valence-corrected chi connectivity index (χ3v) is 3.30. The second kappa shape index (κ2) is 4.30. The lowest BCUT2D eigenvalue weighted by Crippen LogP contribution is -2.30. The molecule has 3 rings (SSSR count). The fourth-order valence-corrected chi connectivity index (χ4v) is 2.41. The van der Waals surface area contributed by atoms with E-state index in [1.54, 1.807) is 0 Å². The van der Waals surface area contributed by atoms with Gasteiger partial charge in [0.25, 0.3) is 0 Å². The van der Waals surface area contributed by atoms with Gasteiger partial charge in [0.15, 0.2) is 5.62 Å². The van der Waals surface area contributed by atoms with E-state index in [1.165, 1.54) is 5.56 Å². The van der Waals surface area contributed by atoms with E-state index >= 15 is 0 Å². The first-order valence-corrected chi connectivity index (χ1v) is 6.08. The van der Waals surface area contributed by atoms with Crippen LogP contribution in [0, 0.1) is 0 Å². The summed E-state index contributed by atoms with van der Waals surface area (Å²) in [5.41, 5.74) is 3.35. The molecule has 0 spiro atoms. The van der Waals surface area contributed by atoms with Crippen molar-refractivity contribution in [3.8, 4) is 0 Å². The number of halogens is 1. The summed E-state index contributed by atoms with van der Waals surface area (Å²) < 4.78 is 0. The highest BCUT2D eigenvalue weighted by Gasteiger charge is 2.26. The maximum Gasteiger partial charge on any atom is 0.178 e. The van der Waals surface area contributed by atoms with Crippen LogP contribution < -0.4 is 10.2 Å². The van der Waals surface area contributed by atoms with Crippen molar-refractivity contribution in [1.82, 2.24) is 0 Å². The smallest absolute Gasteiger partial charge is 0.178 e. The number of alkyl halides is 1. The van der Waals surface area contributed by atoms with Crippen LogP contribution in [0.3, 0.4) is 0 Å². The first-order chi connectivity index (χ1) is 8.34. The van der Waals surface area contributed by atoms with E-state index in [-0.39, 0.29) is 5.62 Å². The quantitative estimate of drug-likeness (QED) is 0.641.